The Balaban J connectivity index is 1.65. The van der Waals surface area contributed by atoms with Crippen molar-refractivity contribution in [2.24, 2.45) is 0 Å². The van der Waals surface area contributed by atoms with Crippen LogP contribution in [0.4, 0.5) is 5.13 Å². The van der Waals surface area contributed by atoms with Crippen LogP contribution < -0.4 is 10.5 Å². The molecule has 2 aromatic rings. The number of benzene rings is 1. The number of hydrogen-bond donors (Lipinski definition) is 1. The Morgan fingerprint density at radius 2 is 1.80 bits per heavy atom. The van der Waals surface area contributed by atoms with Gasteiger partial charge < -0.3 is 10.5 Å². The van der Waals surface area contributed by atoms with Crippen molar-refractivity contribution in [3.63, 3.8) is 0 Å². The van der Waals surface area contributed by atoms with Crippen molar-refractivity contribution in [1.82, 2.24) is 15.1 Å². The van der Waals surface area contributed by atoms with Crippen LogP contribution in [-0.4, -0.2) is 40.1 Å². The van der Waals surface area contributed by atoms with Crippen molar-refractivity contribution < 1.29 is 14.3 Å². The molecule has 0 aliphatic carbocycles. The number of carbonyl (C=O) groups is 2. The fraction of sp³-hybridized carbons (Fsp3) is 0.167. The van der Waals surface area contributed by atoms with Gasteiger partial charge in [-0.1, -0.05) is 17.2 Å². The van der Waals surface area contributed by atoms with Crippen molar-refractivity contribution in [1.29, 1.82) is 0 Å². The summed E-state index contributed by atoms with van der Waals surface area (Å²) < 4.78 is 5.30. The molecule has 0 saturated carbocycles. The van der Waals surface area contributed by atoms with E-state index in [0.29, 0.717) is 21.5 Å². The van der Waals surface area contributed by atoms with Gasteiger partial charge in [-0.25, -0.2) is 0 Å². The molecule has 0 spiro atoms. The average Bonchev–Trinajstić information content (AvgIpc) is 2.97. The lowest BCUT2D eigenvalue weighted by molar-refractivity contribution is 0.0631. The summed E-state index contributed by atoms with van der Waals surface area (Å²) in [6.45, 7) is 0.311. The van der Waals surface area contributed by atoms with Gasteiger partial charge >= 0.3 is 0 Å². The molecule has 8 heteroatoms. The molecule has 0 radical (unpaired) electrons. The molecule has 0 atom stereocenters. The van der Waals surface area contributed by atoms with Crippen LogP contribution in [-0.2, 0) is 0 Å². The van der Waals surface area contributed by atoms with E-state index in [2.05, 4.69) is 10.2 Å². The molecule has 1 aromatic carbocycles. The van der Waals surface area contributed by atoms with Gasteiger partial charge in [0.15, 0.2) is 0 Å². The molecule has 0 fully saturated rings. The standard InChI is InChI=1S/C12H10N4O3S/c13-11-14-15-12(20-11)19-6-5-16-9(17)7-3-1-2-4-8(7)10(16)18/h1-4H,5-6H2,(H2,13,14). The number of aromatic nitrogens is 2. The number of carbonyl (C=O) groups excluding carboxylic acids is 2. The predicted octanol–water partition coefficient (Wildman–Crippen LogP) is 0.795. The van der Waals surface area contributed by atoms with Gasteiger partial charge in [-0.2, -0.15) is 0 Å². The number of rotatable bonds is 4. The molecule has 2 N–H and O–H groups in total. The molecule has 2 heterocycles. The van der Waals surface area contributed by atoms with Crippen LogP contribution in [0, 0.1) is 0 Å². The Bertz CT molecular complexity index is 650. The first-order valence-electron chi connectivity index (χ1n) is 5.84. The number of fused-ring (bicyclic) bond motifs is 1. The van der Waals surface area contributed by atoms with E-state index in [4.69, 9.17) is 10.5 Å². The Labute approximate surface area is 118 Å². The van der Waals surface area contributed by atoms with Crippen molar-refractivity contribution in [3.05, 3.63) is 35.4 Å². The lowest BCUT2D eigenvalue weighted by Crippen LogP contribution is -2.33. The zero-order chi connectivity index (χ0) is 14.1. The monoisotopic (exact) mass is 290 g/mol. The van der Waals surface area contributed by atoms with Gasteiger partial charge in [0.1, 0.15) is 6.61 Å². The molecule has 1 aliphatic rings. The third-order valence-electron chi connectivity index (χ3n) is 2.84. The van der Waals surface area contributed by atoms with Gasteiger partial charge in [-0.15, -0.1) is 5.10 Å². The Hall–Kier alpha value is -2.48. The second-order valence-corrected chi connectivity index (χ2v) is 5.03. The number of nitrogens with zero attached hydrogens (tertiary/aromatic N) is 3. The van der Waals surface area contributed by atoms with Crippen LogP contribution in [0.2, 0.25) is 0 Å². The van der Waals surface area contributed by atoms with E-state index in [-0.39, 0.29) is 25.0 Å². The summed E-state index contributed by atoms with van der Waals surface area (Å²) in [5.41, 5.74) is 6.28. The van der Waals surface area contributed by atoms with Gasteiger partial charge in [0, 0.05) is 0 Å². The summed E-state index contributed by atoms with van der Waals surface area (Å²) in [6, 6.07) is 6.74. The van der Waals surface area contributed by atoms with E-state index in [0.717, 1.165) is 16.2 Å². The van der Waals surface area contributed by atoms with E-state index in [9.17, 15) is 9.59 Å². The highest BCUT2D eigenvalue weighted by Crippen LogP contribution is 2.23. The van der Waals surface area contributed by atoms with Crippen molar-refractivity contribution in [2.45, 2.75) is 0 Å². The zero-order valence-electron chi connectivity index (χ0n) is 10.3. The summed E-state index contributed by atoms with van der Waals surface area (Å²) >= 11 is 1.10. The zero-order valence-corrected chi connectivity index (χ0v) is 11.1. The summed E-state index contributed by atoms with van der Waals surface area (Å²) in [7, 11) is 0. The largest absolute Gasteiger partial charge is 0.467 e. The van der Waals surface area contributed by atoms with Gasteiger partial charge in [0.2, 0.25) is 5.13 Å². The maximum atomic E-state index is 12.1. The average molecular weight is 290 g/mol. The fourth-order valence-electron chi connectivity index (χ4n) is 1.95. The molecule has 2 amide bonds. The van der Waals surface area contributed by atoms with Crippen molar-refractivity contribution in [3.8, 4) is 5.19 Å². The summed E-state index contributed by atoms with van der Waals surface area (Å²) in [5.74, 6) is -0.600. The first-order valence-corrected chi connectivity index (χ1v) is 6.65. The number of hydrogen-bond acceptors (Lipinski definition) is 7. The third kappa shape index (κ3) is 2.10. The van der Waals surface area contributed by atoms with E-state index in [1.807, 2.05) is 0 Å². The van der Waals surface area contributed by atoms with Crippen molar-refractivity contribution >= 4 is 28.3 Å². The number of anilines is 1. The molecule has 0 bridgehead atoms. The van der Waals surface area contributed by atoms with Gasteiger partial charge in [-0.3, -0.25) is 14.5 Å². The van der Waals surface area contributed by atoms with Gasteiger partial charge in [-0.05, 0) is 23.5 Å². The minimum atomic E-state index is -0.300. The molecular weight excluding hydrogens is 280 g/mol. The Morgan fingerprint density at radius 3 is 2.35 bits per heavy atom. The minimum Gasteiger partial charge on any atom is -0.467 e. The fourth-order valence-corrected chi connectivity index (χ4v) is 2.43. The summed E-state index contributed by atoms with van der Waals surface area (Å²) in [5, 5.41) is 7.92. The molecular formula is C12H10N4O3S. The molecule has 0 unspecified atom stereocenters. The minimum absolute atomic E-state index is 0.153. The van der Waals surface area contributed by atoms with E-state index in [1.165, 1.54) is 0 Å². The topological polar surface area (TPSA) is 98.4 Å². The first-order chi connectivity index (χ1) is 9.66. The quantitative estimate of drug-likeness (QED) is 0.836. The lowest BCUT2D eigenvalue weighted by atomic mass is 10.1. The number of imide groups is 1. The molecule has 3 rings (SSSR count). The molecule has 7 nitrogen and oxygen atoms in total. The highest BCUT2D eigenvalue weighted by Gasteiger charge is 2.34. The lowest BCUT2D eigenvalue weighted by Gasteiger charge is -2.13. The summed E-state index contributed by atoms with van der Waals surface area (Å²) in [6.07, 6.45) is 0. The van der Waals surface area contributed by atoms with Crippen LogP contribution >= 0.6 is 11.3 Å². The SMILES string of the molecule is Nc1nnc(OCCN2C(=O)c3ccccc3C2=O)s1. The van der Waals surface area contributed by atoms with Crippen LogP contribution in [0.1, 0.15) is 20.7 Å². The maximum absolute atomic E-state index is 12.1. The number of nitrogen functional groups attached to an aromatic ring is 1. The second kappa shape index (κ2) is 4.89. The number of ether oxygens (including phenoxy) is 1. The Morgan fingerprint density at radius 1 is 1.15 bits per heavy atom. The van der Waals surface area contributed by atoms with Gasteiger partial charge in [0.25, 0.3) is 17.0 Å². The highest BCUT2D eigenvalue weighted by atomic mass is 32.1. The van der Waals surface area contributed by atoms with Crippen LogP contribution in [0.15, 0.2) is 24.3 Å². The van der Waals surface area contributed by atoms with Crippen LogP contribution in [0.5, 0.6) is 5.19 Å². The predicted molar refractivity (Wildman–Crippen MR) is 71.6 cm³/mol. The van der Waals surface area contributed by atoms with E-state index >= 15 is 0 Å². The van der Waals surface area contributed by atoms with E-state index in [1.54, 1.807) is 24.3 Å². The highest BCUT2D eigenvalue weighted by molar-refractivity contribution is 7.16. The van der Waals surface area contributed by atoms with Crippen molar-refractivity contribution in [2.75, 3.05) is 18.9 Å². The maximum Gasteiger partial charge on any atom is 0.295 e. The molecule has 20 heavy (non-hydrogen) atoms. The second-order valence-electron chi connectivity index (χ2n) is 4.06. The smallest absolute Gasteiger partial charge is 0.295 e. The number of nitrogens with two attached hydrogens (primary N) is 1. The van der Waals surface area contributed by atoms with Gasteiger partial charge in [0.05, 0.1) is 17.7 Å². The van der Waals surface area contributed by atoms with E-state index < -0.39 is 0 Å². The third-order valence-corrected chi connectivity index (χ3v) is 3.51. The molecule has 0 saturated heterocycles. The normalized spacial score (nSPS) is 13.7. The van der Waals surface area contributed by atoms with Crippen LogP contribution in [0.3, 0.4) is 0 Å². The number of amides is 2. The van der Waals surface area contributed by atoms with Crippen LogP contribution in [0.25, 0.3) is 0 Å². The summed E-state index contributed by atoms with van der Waals surface area (Å²) in [4.78, 5) is 25.3. The molecule has 102 valence electrons. The Kier molecular flexibility index (Phi) is 3.07. The molecule has 1 aromatic heterocycles. The molecule has 1 aliphatic heterocycles. The first kappa shape index (κ1) is 12.5.